The number of carbonyl (C=O) groups excluding carboxylic acids is 2. The molecule has 0 aromatic heterocycles. The molecule has 0 saturated heterocycles. The average Bonchev–Trinajstić information content (AvgIpc) is 2.73. The average molecular weight is 413 g/mol. The van der Waals surface area contributed by atoms with E-state index in [0.29, 0.717) is 5.69 Å². The number of anilines is 1. The van der Waals surface area contributed by atoms with Crippen molar-refractivity contribution in [1.29, 1.82) is 5.26 Å². The van der Waals surface area contributed by atoms with Crippen LogP contribution in [-0.4, -0.2) is 37.1 Å². The van der Waals surface area contributed by atoms with E-state index in [1.54, 1.807) is 31.2 Å². The summed E-state index contributed by atoms with van der Waals surface area (Å²) < 4.78 is 15.3. The number of nitro groups is 1. The number of nitro benzene ring substituents is 1. The Hall–Kier alpha value is -4.13. The lowest BCUT2D eigenvalue weighted by Crippen LogP contribution is -2.21. The maximum absolute atomic E-state index is 12.3. The first-order chi connectivity index (χ1) is 14.4. The van der Waals surface area contributed by atoms with E-state index in [1.807, 2.05) is 6.07 Å². The number of ether oxygens (including phenoxy) is 3. The smallest absolute Gasteiger partial charge is 0.345 e. The van der Waals surface area contributed by atoms with Gasteiger partial charge in [-0.15, -0.1) is 0 Å². The molecule has 1 N–H and O–H groups in total. The van der Waals surface area contributed by atoms with Crippen LogP contribution >= 0.6 is 0 Å². The van der Waals surface area contributed by atoms with Crippen LogP contribution < -0.4 is 14.8 Å². The maximum atomic E-state index is 12.3. The van der Waals surface area contributed by atoms with Gasteiger partial charge in [-0.1, -0.05) is 12.1 Å². The van der Waals surface area contributed by atoms with Crippen LogP contribution in [0.2, 0.25) is 0 Å². The van der Waals surface area contributed by atoms with E-state index >= 15 is 0 Å². The van der Waals surface area contributed by atoms with Crippen LogP contribution in [0.15, 0.2) is 36.4 Å². The summed E-state index contributed by atoms with van der Waals surface area (Å²) in [6, 6.07) is 10.8. The van der Waals surface area contributed by atoms with Crippen LogP contribution in [0.25, 0.3) is 0 Å². The summed E-state index contributed by atoms with van der Waals surface area (Å²) in [5, 5.41) is 22.5. The first-order valence-corrected chi connectivity index (χ1v) is 8.81. The van der Waals surface area contributed by atoms with E-state index in [-0.39, 0.29) is 30.1 Å². The molecule has 10 heteroatoms. The largest absolute Gasteiger partial charge is 0.493 e. The molecule has 0 bridgehead atoms. The molecule has 0 heterocycles. The molecule has 0 unspecified atom stereocenters. The number of nitrogens with one attached hydrogen (secondary N) is 1. The molecule has 0 aliphatic rings. The molecule has 156 valence electrons. The van der Waals surface area contributed by atoms with Gasteiger partial charge in [0.1, 0.15) is 5.56 Å². The Bertz CT molecular complexity index is 981. The molecular weight excluding hydrogens is 394 g/mol. The summed E-state index contributed by atoms with van der Waals surface area (Å²) in [4.78, 5) is 35.0. The van der Waals surface area contributed by atoms with Crippen molar-refractivity contribution in [3.8, 4) is 17.6 Å². The van der Waals surface area contributed by atoms with Gasteiger partial charge >= 0.3 is 5.97 Å². The van der Waals surface area contributed by atoms with Crippen molar-refractivity contribution in [1.82, 2.24) is 0 Å². The molecule has 2 aromatic rings. The van der Waals surface area contributed by atoms with E-state index in [2.05, 4.69) is 5.32 Å². The Balaban J connectivity index is 2.08. The third-order valence-electron chi connectivity index (χ3n) is 3.85. The lowest BCUT2D eigenvalue weighted by Gasteiger charge is -2.12. The Kier molecular flexibility index (Phi) is 7.70. The zero-order valence-corrected chi connectivity index (χ0v) is 16.3. The fraction of sp³-hybridized carbons (Fsp3) is 0.250. The van der Waals surface area contributed by atoms with E-state index in [0.717, 1.165) is 17.7 Å². The Morgan fingerprint density at radius 3 is 2.47 bits per heavy atom. The molecule has 1 amide bonds. The molecule has 10 nitrogen and oxygen atoms in total. The van der Waals surface area contributed by atoms with E-state index < -0.39 is 29.1 Å². The monoisotopic (exact) mass is 413 g/mol. The second-order valence-corrected chi connectivity index (χ2v) is 5.87. The number of esters is 1. The number of hydrogen-bond donors (Lipinski definition) is 1. The van der Waals surface area contributed by atoms with Gasteiger partial charge < -0.3 is 19.5 Å². The fourth-order valence-electron chi connectivity index (χ4n) is 2.49. The second kappa shape index (κ2) is 10.4. The topological polar surface area (TPSA) is 141 Å². The van der Waals surface area contributed by atoms with Crippen molar-refractivity contribution in [3.05, 3.63) is 57.6 Å². The van der Waals surface area contributed by atoms with Gasteiger partial charge in [-0.3, -0.25) is 14.9 Å². The maximum Gasteiger partial charge on any atom is 0.345 e. The van der Waals surface area contributed by atoms with Crippen LogP contribution in [-0.2, 0) is 16.0 Å². The van der Waals surface area contributed by atoms with Crippen LogP contribution in [0.1, 0.15) is 22.8 Å². The second-order valence-electron chi connectivity index (χ2n) is 5.87. The molecular formula is C20H19N3O7. The van der Waals surface area contributed by atoms with Crippen molar-refractivity contribution in [2.75, 3.05) is 25.6 Å². The van der Waals surface area contributed by atoms with Gasteiger partial charge in [-0.25, -0.2) is 4.79 Å². The molecule has 0 spiro atoms. The molecule has 2 aromatic carbocycles. The predicted octanol–water partition coefficient (Wildman–Crippen LogP) is 2.86. The third kappa shape index (κ3) is 5.68. The van der Waals surface area contributed by atoms with Gasteiger partial charge in [-0.2, -0.15) is 5.26 Å². The SMILES string of the molecule is CCOc1cc([N+](=O)[O-])c(C(=O)OCC(=O)Nc2ccc(CC#N)cc2)cc1OC. The predicted molar refractivity (Wildman–Crippen MR) is 105 cm³/mol. The van der Waals surface area contributed by atoms with Crippen molar-refractivity contribution >= 4 is 23.3 Å². The van der Waals surface area contributed by atoms with Crippen LogP contribution in [0.5, 0.6) is 11.5 Å². The molecule has 0 radical (unpaired) electrons. The highest BCUT2D eigenvalue weighted by Gasteiger charge is 2.26. The number of hydrogen-bond acceptors (Lipinski definition) is 8. The lowest BCUT2D eigenvalue weighted by atomic mass is 10.1. The Labute approximate surface area is 172 Å². The number of amides is 1. The molecule has 0 fully saturated rings. The minimum atomic E-state index is -1.05. The summed E-state index contributed by atoms with van der Waals surface area (Å²) in [6.07, 6.45) is 0.246. The van der Waals surface area contributed by atoms with Crippen LogP contribution in [0.4, 0.5) is 11.4 Å². The third-order valence-corrected chi connectivity index (χ3v) is 3.85. The Morgan fingerprint density at radius 1 is 1.20 bits per heavy atom. The fourth-order valence-corrected chi connectivity index (χ4v) is 2.49. The highest BCUT2D eigenvalue weighted by Crippen LogP contribution is 2.35. The zero-order valence-electron chi connectivity index (χ0n) is 16.3. The van der Waals surface area contributed by atoms with Crippen molar-refractivity contribution in [2.24, 2.45) is 0 Å². The number of benzene rings is 2. The lowest BCUT2D eigenvalue weighted by molar-refractivity contribution is -0.385. The highest BCUT2D eigenvalue weighted by atomic mass is 16.6. The van der Waals surface area contributed by atoms with Gasteiger partial charge in [0, 0.05) is 11.8 Å². The summed E-state index contributed by atoms with van der Waals surface area (Å²) in [5.74, 6) is -1.45. The molecule has 0 aliphatic heterocycles. The Morgan fingerprint density at radius 2 is 1.90 bits per heavy atom. The molecule has 0 aliphatic carbocycles. The summed E-state index contributed by atoms with van der Waals surface area (Å²) in [5.41, 5.74) is 0.344. The van der Waals surface area contributed by atoms with Crippen molar-refractivity contribution < 1.29 is 28.7 Å². The summed E-state index contributed by atoms with van der Waals surface area (Å²) in [6.45, 7) is 1.30. The number of nitriles is 1. The summed E-state index contributed by atoms with van der Waals surface area (Å²) in [7, 11) is 1.33. The molecule has 0 saturated carbocycles. The molecule has 0 atom stereocenters. The summed E-state index contributed by atoms with van der Waals surface area (Å²) >= 11 is 0. The van der Waals surface area contributed by atoms with E-state index in [9.17, 15) is 19.7 Å². The highest BCUT2D eigenvalue weighted by molar-refractivity contribution is 5.98. The van der Waals surface area contributed by atoms with Gasteiger partial charge in [0.15, 0.2) is 18.1 Å². The number of rotatable bonds is 9. The quantitative estimate of drug-likeness (QED) is 0.376. The van der Waals surface area contributed by atoms with Crippen molar-refractivity contribution in [2.45, 2.75) is 13.3 Å². The minimum absolute atomic E-state index is 0.112. The molecule has 2 rings (SSSR count). The number of carbonyl (C=O) groups is 2. The minimum Gasteiger partial charge on any atom is -0.493 e. The normalized spacial score (nSPS) is 9.90. The number of nitrogens with zero attached hydrogens (tertiary/aromatic N) is 2. The van der Waals surface area contributed by atoms with Gasteiger partial charge in [0.2, 0.25) is 0 Å². The van der Waals surface area contributed by atoms with Gasteiger partial charge in [0.05, 0.1) is 37.2 Å². The number of methoxy groups -OCH3 is 1. The van der Waals surface area contributed by atoms with Crippen LogP contribution in [0, 0.1) is 21.4 Å². The first kappa shape index (κ1) is 22.2. The van der Waals surface area contributed by atoms with E-state index in [1.165, 1.54) is 7.11 Å². The van der Waals surface area contributed by atoms with Crippen LogP contribution in [0.3, 0.4) is 0 Å². The molecule has 30 heavy (non-hydrogen) atoms. The zero-order chi connectivity index (χ0) is 22.1. The first-order valence-electron chi connectivity index (χ1n) is 8.81. The van der Waals surface area contributed by atoms with E-state index in [4.69, 9.17) is 19.5 Å². The van der Waals surface area contributed by atoms with Gasteiger partial charge in [0.25, 0.3) is 11.6 Å². The van der Waals surface area contributed by atoms with Crippen molar-refractivity contribution in [3.63, 3.8) is 0 Å². The standard InChI is InChI=1S/C20H19N3O7/c1-3-29-18-11-16(23(26)27)15(10-17(18)28-2)20(25)30-12-19(24)22-14-6-4-13(5-7-14)8-9-21/h4-7,10-11H,3,8,12H2,1-2H3,(H,22,24). The van der Waals surface area contributed by atoms with Gasteiger partial charge in [-0.05, 0) is 24.6 Å².